The van der Waals surface area contributed by atoms with Crippen molar-refractivity contribution >= 4 is 46.0 Å². The number of hydrogen-bond acceptors (Lipinski definition) is 3. The lowest BCUT2D eigenvalue weighted by Crippen LogP contribution is -2.08. The average Bonchev–Trinajstić information content (AvgIpc) is 2.36. The molecule has 0 aliphatic rings. The second kappa shape index (κ2) is 5.59. The maximum atomic E-state index is 5.98. The third kappa shape index (κ3) is 3.25. The topological polar surface area (TPSA) is 41.3 Å². The van der Waals surface area contributed by atoms with Crippen molar-refractivity contribution < 1.29 is 0 Å². The van der Waals surface area contributed by atoms with E-state index in [1.54, 1.807) is 12.1 Å². The molecule has 19 heavy (non-hydrogen) atoms. The molecule has 0 spiro atoms. The monoisotopic (exact) mass is 295 g/mol. The highest BCUT2D eigenvalue weighted by molar-refractivity contribution is 6.42. The maximum Gasteiger partial charge on any atom is 0.0633 e. The summed E-state index contributed by atoms with van der Waals surface area (Å²) >= 11 is 11.9. The fraction of sp³-hybridized carbons (Fsp3) is 0.143. The molecule has 0 unspecified atom stereocenters. The van der Waals surface area contributed by atoms with Crippen molar-refractivity contribution in [3.05, 3.63) is 46.4 Å². The zero-order valence-electron chi connectivity index (χ0n) is 10.7. The summed E-state index contributed by atoms with van der Waals surface area (Å²) in [7, 11) is 4.00. The van der Waals surface area contributed by atoms with Crippen LogP contribution in [0.4, 0.5) is 22.7 Å². The van der Waals surface area contributed by atoms with Crippen LogP contribution in [0.2, 0.25) is 10.0 Å². The minimum absolute atomic E-state index is 0.452. The SMILES string of the molecule is CN(C)c1ccc(Nc2cc(Cl)c(Cl)cc2N)cc1. The van der Waals surface area contributed by atoms with Gasteiger partial charge >= 0.3 is 0 Å². The first-order valence-corrected chi connectivity index (χ1v) is 6.52. The summed E-state index contributed by atoms with van der Waals surface area (Å²) in [6.07, 6.45) is 0. The molecular weight excluding hydrogens is 281 g/mol. The molecule has 2 rings (SSSR count). The minimum atomic E-state index is 0.452. The van der Waals surface area contributed by atoms with E-state index in [1.807, 2.05) is 43.3 Å². The van der Waals surface area contributed by atoms with Crippen LogP contribution in [0, 0.1) is 0 Å². The van der Waals surface area contributed by atoms with E-state index in [2.05, 4.69) is 5.32 Å². The smallest absolute Gasteiger partial charge is 0.0633 e. The molecule has 0 aliphatic carbocycles. The Bertz CT molecular complexity index is 580. The van der Waals surface area contributed by atoms with E-state index in [9.17, 15) is 0 Å². The molecule has 0 radical (unpaired) electrons. The average molecular weight is 296 g/mol. The van der Waals surface area contributed by atoms with Crippen molar-refractivity contribution in [2.45, 2.75) is 0 Å². The number of hydrogen-bond donors (Lipinski definition) is 2. The number of nitrogens with zero attached hydrogens (tertiary/aromatic N) is 1. The fourth-order valence-electron chi connectivity index (χ4n) is 1.67. The summed E-state index contributed by atoms with van der Waals surface area (Å²) in [4.78, 5) is 2.04. The summed E-state index contributed by atoms with van der Waals surface area (Å²) < 4.78 is 0. The first kappa shape index (κ1) is 13.8. The highest BCUT2D eigenvalue weighted by Gasteiger charge is 2.05. The molecule has 2 aromatic carbocycles. The maximum absolute atomic E-state index is 5.98. The third-order valence-electron chi connectivity index (χ3n) is 2.76. The van der Waals surface area contributed by atoms with Gasteiger partial charge in [-0.15, -0.1) is 0 Å². The quantitative estimate of drug-likeness (QED) is 0.826. The van der Waals surface area contributed by atoms with Gasteiger partial charge in [0.2, 0.25) is 0 Å². The molecule has 0 heterocycles. The molecule has 3 N–H and O–H groups in total. The van der Waals surface area contributed by atoms with Gasteiger partial charge in [0, 0.05) is 25.5 Å². The Balaban J connectivity index is 2.24. The highest BCUT2D eigenvalue weighted by Crippen LogP contribution is 2.32. The largest absolute Gasteiger partial charge is 0.397 e. The van der Waals surface area contributed by atoms with E-state index in [1.165, 1.54) is 0 Å². The van der Waals surface area contributed by atoms with Gasteiger partial charge in [-0.05, 0) is 36.4 Å². The van der Waals surface area contributed by atoms with Gasteiger partial charge in [-0.1, -0.05) is 23.2 Å². The Kier molecular flexibility index (Phi) is 4.08. The van der Waals surface area contributed by atoms with E-state index in [0.717, 1.165) is 17.1 Å². The van der Waals surface area contributed by atoms with Crippen LogP contribution in [-0.2, 0) is 0 Å². The van der Waals surface area contributed by atoms with E-state index in [0.29, 0.717) is 15.7 Å². The summed E-state index contributed by atoms with van der Waals surface area (Å²) in [6.45, 7) is 0. The number of benzene rings is 2. The van der Waals surface area contributed by atoms with E-state index >= 15 is 0 Å². The van der Waals surface area contributed by atoms with Gasteiger partial charge in [-0.2, -0.15) is 0 Å². The predicted octanol–water partition coefficient (Wildman–Crippen LogP) is 4.39. The lowest BCUT2D eigenvalue weighted by atomic mass is 10.2. The van der Waals surface area contributed by atoms with Gasteiger partial charge in [0.15, 0.2) is 0 Å². The number of nitrogens with one attached hydrogen (secondary N) is 1. The summed E-state index contributed by atoms with van der Waals surface area (Å²) in [5.41, 5.74) is 9.28. The van der Waals surface area contributed by atoms with Gasteiger partial charge in [-0.3, -0.25) is 0 Å². The molecule has 0 amide bonds. The van der Waals surface area contributed by atoms with E-state index in [-0.39, 0.29) is 0 Å². The van der Waals surface area contributed by atoms with Crippen molar-refractivity contribution in [1.29, 1.82) is 0 Å². The number of rotatable bonds is 3. The Labute approximate surface area is 122 Å². The molecule has 5 heteroatoms. The van der Waals surface area contributed by atoms with Crippen molar-refractivity contribution in [1.82, 2.24) is 0 Å². The highest BCUT2D eigenvalue weighted by atomic mass is 35.5. The van der Waals surface area contributed by atoms with Gasteiger partial charge < -0.3 is 16.0 Å². The van der Waals surface area contributed by atoms with Gasteiger partial charge in [0.05, 0.1) is 21.4 Å². The lowest BCUT2D eigenvalue weighted by Gasteiger charge is -2.14. The second-order valence-electron chi connectivity index (χ2n) is 4.42. The Morgan fingerprint density at radius 3 is 2.16 bits per heavy atom. The van der Waals surface area contributed by atoms with Crippen molar-refractivity contribution in [3.8, 4) is 0 Å². The molecule has 0 saturated carbocycles. The summed E-state index contributed by atoms with van der Waals surface area (Å²) in [6, 6.07) is 11.4. The third-order valence-corrected chi connectivity index (χ3v) is 3.48. The zero-order valence-corrected chi connectivity index (χ0v) is 12.3. The van der Waals surface area contributed by atoms with Crippen LogP contribution >= 0.6 is 23.2 Å². The summed E-state index contributed by atoms with van der Waals surface area (Å²) in [5.74, 6) is 0. The first-order valence-electron chi connectivity index (χ1n) is 5.76. The molecule has 0 fully saturated rings. The number of nitrogen functional groups attached to an aromatic ring is 1. The lowest BCUT2D eigenvalue weighted by molar-refractivity contribution is 1.13. The zero-order chi connectivity index (χ0) is 14.0. The van der Waals surface area contributed by atoms with Crippen LogP contribution in [0.5, 0.6) is 0 Å². The number of anilines is 4. The van der Waals surface area contributed by atoms with Crippen LogP contribution < -0.4 is 16.0 Å². The van der Waals surface area contributed by atoms with Crippen molar-refractivity contribution in [2.75, 3.05) is 30.0 Å². The molecule has 0 bridgehead atoms. The van der Waals surface area contributed by atoms with Gasteiger partial charge in [0.1, 0.15) is 0 Å². The molecule has 100 valence electrons. The molecule has 0 saturated heterocycles. The Morgan fingerprint density at radius 2 is 1.58 bits per heavy atom. The number of halogens is 2. The molecule has 2 aromatic rings. The standard InChI is InChI=1S/C14H15Cl2N3/c1-19(2)10-5-3-9(4-6-10)18-14-8-12(16)11(15)7-13(14)17/h3-8,18H,17H2,1-2H3. The van der Waals surface area contributed by atoms with E-state index < -0.39 is 0 Å². The summed E-state index contributed by atoms with van der Waals surface area (Å²) in [5, 5.41) is 4.15. The van der Waals surface area contributed by atoms with Crippen LogP contribution in [0.15, 0.2) is 36.4 Å². The van der Waals surface area contributed by atoms with Crippen LogP contribution in [-0.4, -0.2) is 14.1 Å². The minimum Gasteiger partial charge on any atom is -0.397 e. The predicted molar refractivity (Wildman–Crippen MR) is 84.9 cm³/mol. The Hall–Kier alpha value is -1.58. The van der Waals surface area contributed by atoms with Crippen LogP contribution in [0.1, 0.15) is 0 Å². The van der Waals surface area contributed by atoms with Crippen molar-refractivity contribution in [3.63, 3.8) is 0 Å². The molecule has 0 atom stereocenters. The van der Waals surface area contributed by atoms with Gasteiger partial charge in [-0.25, -0.2) is 0 Å². The normalized spacial score (nSPS) is 10.3. The fourth-order valence-corrected chi connectivity index (χ4v) is 2.00. The molecular formula is C14H15Cl2N3. The Morgan fingerprint density at radius 1 is 1.00 bits per heavy atom. The first-order chi connectivity index (χ1) is 8.97. The van der Waals surface area contributed by atoms with Crippen molar-refractivity contribution in [2.24, 2.45) is 0 Å². The molecule has 0 aliphatic heterocycles. The number of nitrogens with two attached hydrogens (primary N) is 1. The second-order valence-corrected chi connectivity index (χ2v) is 5.23. The van der Waals surface area contributed by atoms with Crippen LogP contribution in [0.3, 0.4) is 0 Å². The van der Waals surface area contributed by atoms with E-state index in [4.69, 9.17) is 28.9 Å². The van der Waals surface area contributed by atoms with Gasteiger partial charge in [0.25, 0.3) is 0 Å². The molecule has 0 aromatic heterocycles. The molecule has 3 nitrogen and oxygen atoms in total. The van der Waals surface area contributed by atoms with Crippen LogP contribution in [0.25, 0.3) is 0 Å².